The van der Waals surface area contributed by atoms with Crippen LogP contribution in [-0.4, -0.2) is 20.2 Å². The molecular weight excluding hydrogens is 460 g/mol. The molecule has 0 atom stereocenters. The largest absolute Gasteiger partial charge is 0.507 e. The topological polar surface area (TPSA) is 140 Å². The van der Waals surface area contributed by atoms with Gasteiger partial charge in [-0.25, -0.2) is 0 Å². The monoisotopic (exact) mass is 474 g/mol. The third kappa shape index (κ3) is 2.37. The van der Waals surface area contributed by atoms with Crippen LogP contribution in [0.25, 0.3) is 65.2 Å². The number of aromatic amines is 2. The molecule has 0 aliphatic heterocycles. The highest BCUT2D eigenvalue weighted by Gasteiger charge is 2.21. The molecule has 8 heteroatoms. The van der Waals surface area contributed by atoms with Crippen molar-refractivity contribution < 1.29 is 10.2 Å². The minimum atomic E-state index is -0.487. The lowest BCUT2D eigenvalue weighted by Crippen LogP contribution is -2.15. The summed E-state index contributed by atoms with van der Waals surface area (Å²) in [6.45, 7) is 0. The third-order valence-electron chi connectivity index (χ3n) is 6.87. The quantitative estimate of drug-likeness (QED) is 0.196. The molecule has 1 aromatic heterocycles. The van der Waals surface area contributed by atoms with Gasteiger partial charge < -0.3 is 20.2 Å². The second kappa shape index (κ2) is 6.67. The Morgan fingerprint density at radius 2 is 0.778 bits per heavy atom. The molecule has 0 radical (unpaired) electrons. The first-order valence-corrected chi connectivity index (χ1v) is 11.1. The smallest absolute Gasteiger partial charge is 0.198 e. The van der Waals surface area contributed by atoms with Crippen molar-refractivity contribution in [2.45, 2.75) is 0 Å². The molecule has 0 spiro atoms. The number of benzene rings is 6. The fourth-order valence-corrected chi connectivity index (χ4v) is 5.27. The van der Waals surface area contributed by atoms with Crippen LogP contribution < -0.4 is 21.7 Å². The predicted molar refractivity (Wildman–Crippen MR) is 140 cm³/mol. The molecule has 1 heterocycles. The Hall–Kier alpha value is -5.24. The van der Waals surface area contributed by atoms with Gasteiger partial charge in [-0.3, -0.25) is 19.2 Å². The van der Waals surface area contributed by atoms with Gasteiger partial charge in [0.05, 0.1) is 43.6 Å². The number of nitrogens with one attached hydrogen (secondary N) is 2. The minimum Gasteiger partial charge on any atom is -0.507 e. The second-order valence-corrected chi connectivity index (χ2v) is 8.79. The highest BCUT2D eigenvalue weighted by molar-refractivity contribution is 6.16. The third-order valence-corrected chi connectivity index (χ3v) is 6.87. The molecule has 6 aromatic carbocycles. The van der Waals surface area contributed by atoms with Gasteiger partial charge in [0, 0.05) is 33.7 Å². The van der Waals surface area contributed by atoms with Crippen molar-refractivity contribution in [2.24, 2.45) is 0 Å². The molecule has 36 heavy (non-hydrogen) atoms. The van der Waals surface area contributed by atoms with E-state index < -0.39 is 33.2 Å². The van der Waals surface area contributed by atoms with Crippen molar-refractivity contribution in [2.75, 3.05) is 0 Å². The summed E-state index contributed by atoms with van der Waals surface area (Å²) in [6.07, 6.45) is 0. The molecule has 0 amide bonds. The summed E-state index contributed by atoms with van der Waals surface area (Å²) in [6, 6.07) is 15.3. The molecule has 0 fully saturated rings. The first-order chi connectivity index (χ1) is 17.4. The van der Waals surface area contributed by atoms with Gasteiger partial charge in [0.15, 0.2) is 21.7 Å². The zero-order chi connectivity index (χ0) is 24.9. The summed E-state index contributed by atoms with van der Waals surface area (Å²) in [5, 5.41) is 22.1. The fourth-order valence-electron chi connectivity index (χ4n) is 5.27. The number of H-pyrrole nitrogens is 2. The van der Waals surface area contributed by atoms with Crippen LogP contribution in [0.2, 0.25) is 0 Å². The number of aromatic hydroxyl groups is 2. The second-order valence-electron chi connectivity index (χ2n) is 8.79. The van der Waals surface area contributed by atoms with Crippen LogP contribution in [0.5, 0.6) is 11.5 Å². The Morgan fingerprint density at radius 3 is 1.11 bits per heavy atom. The number of hydrogen-bond donors (Lipinski definition) is 4. The Balaban J connectivity index is 1.77. The number of phenolic OH excluding ortho intramolecular Hbond substituents is 2. The Bertz CT molecular complexity index is 2200. The van der Waals surface area contributed by atoms with Crippen molar-refractivity contribution >= 4 is 65.2 Å². The number of phenols is 2. The number of aromatic nitrogens is 2. The highest BCUT2D eigenvalue weighted by Crippen LogP contribution is 2.33. The van der Waals surface area contributed by atoms with E-state index in [0.717, 1.165) is 0 Å². The lowest BCUT2D eigenvalue weighted by Gasteiger charge is -2.12. The normalized spacial score (nSPS) is 12.0. The van der Waals surface area contributed by atoms with Gasteiger partial charge in [-0.1, -0.05) is 48.5 Å². The maximum absolute atomic E-state index is 13.4. The SMILES string of the molecule is O=c1c2ccccc2c(=O)c2c1c(O)cc1[nH]c3c(cc(O)c4c(=O)c5ccccc5c(=O)c43)[nH]c12. The van der Waals surface area contributed by atoms with Gasteiger partial charge in [-0.05, 0) is 0 Å². The van der Waals surface area contributed by atoms with Crippen molar-refractivity contribution in [1.29, 1.82) is 0 Å². The van der Waals surface area contributed by atoms with Crippen molar-refractivity contribution in [3.8, 4) is 11.5 Å². The zero-order valence-corrected chi connectivity index (χ0v) is 18.3. The maximum atomic E-state index is 13.4. The molecule has 0 unspecified atom stereocenters. The molecule has 7 aromatic rings. The van der Waals surface area contributed by atoms with Crippen LogP contribution >= 0.6 is 0 Å². The molecule has 4 N–H and O–H groups in total. The van der Waals surface area contributed by atoms with Crippen LogP contribution in [0, 0.1) is 0 Å². The minimum absolute atomic E-state index is 0.0168. The molecule has 0 aliphatic carbocycles. The lowest BCUT2D eigenvalue weighted by atomic mass is 9.98. The van der Waals surface area contributed by atoms with Gasteiger partial charge in [-0.2, -0.15) is 0 Å². The molecule has 0 saturated carbocycles. The Kier molecular flexibility index (Phi) is 3.73. The van der Waals surface area contributed by atoms with Crippen molar-refractivity contribution in [3.05, 3.63) is 102 Å². The van der Waals surface area contributed by atoms with Crippen molar-refractivity contribution in [1.82, 2.24) is 9.97 Å². The van der Waals surface area contributed by atoms with Gasteiger partial charge in [0.1, 0.15) is 11.5 Å². The number of fused-ring (bicyclic) bond motifs is 8. The van der Waals surface area contributed by atoms with E-state index >= 15 is 0 Å². The summed E-state index contributed by atoms with van der Waals surface area (Å²) in [4.78, 5) is 59.3. The van der Waals surface area contributed by atoms with E-state index in [1.54, 1.807) is 36.4 Å². The van der Waals surface area contributed by atoms with Crippen molar-refractivity contribution in [3.63, 3.8) is 0 Å². The summed E-state index contributed by atoms with van der Waals surface area (Å²) >= 11 is 0. The summed E-state index contributed by atoms with van der Waals surface area (Å²) in [5.41, 5.74) is -0.954. The Labute approximate surface area is 198 Å². The predicted octanol–water partition coefficient (Wildman–Crippen LogP) is 3.55. The average molecular weight is 474 g/mol. The number of hydrogen-bond acceptors (Lipinski definition) is 6. The van der Waals surface area contributed by atoms with Crippen LogP contribution in [0.15, 0.2) is 79.8 Å². The van der Waals surface area contributed by atoms with E-state index in [4.69, 9.17) is 0 Å². The molecule has 0 saturated heterocycles. The molecule has 0 bridgehead atoms. The summed E-state index contributed by atoms with van der Waals surface area (Å²) in [7, 11) is 0. The van der Waals surface area contributed by atoms with E-state index in [2.05, 4.69) is 9.97 Å². The highest BCUT2D eigenvalue weighted by atomic mass is 16.3. The van der Waals surface area contributed by atoms with Crippen LogP contribution in [-0.2, 0) is 0 Å². The van der Waals surface area contributed by atoms with E-state index in [1.807, 2.05) is 0 Å². The van der Waals surface area contributed by atoms with Crippen LogP contribution in [0.3, 0.4) is 0 Å². The average Bonchev–Trinajstić information content (AvgIpc) is 2.88. The van der Waals surface area contributed by atoms with Crippen LogP contribution in [0.4, 0.5) is 0 Å². The molecular formula is C28H14N2O6. The van der Waals surface area contributed by atoms with Gasteiger partial charge in [0.2, 0.25) is 0 Å². The zero-order valence-electron chi connectivity index (χ0n) is 18.3. The number of rotatable bonds is 0. The van der Waals surface area contributed by atoms with E-state index in [9.17, 15) is 29.4 Å². The summed E-state index contributed by atoms with van der Waals surface area (Å²) < 4.78 is 0. The van der Waals surface area contributed by atoms with E-state index in [1.165, 1.54) is 24.3 Å². The van der Waals surface area contributed by atoms with E-state index in [0.29, 0.717) is 0 Å². The Morgan fingerprint density at radius 1 is 0.472 bits per heavy atom. The van der Waals surface area contributed by atoms with Crippen LogP contribution in [0.1, 0.15) is 0 Å². The molecule has 0 aliphatic rings. The first kappa shape index (κ1) is 20.2. The van der Waals surface area contributed by atoms with Gasteiger partial charge in [-0.15, -0.1) is 0 Å². The van der Waals surface area contributed by atoms with Gasteiger partial charge >= 0.3 is 0 Å². The van der Waals surface area contributed by atoms with E-state index in [-0.39, 0.29) is 65.2 Å². The fraction of sp³-hybridized carbons (Fsp3) is 0. The maximum Gasteiger partial charge on any atom is 0.198 e. The molecule has 7 rings (SSSR count). The molecule has 8 nitrogen and oxygen atoms in total. The van der Waals surface area contributed by atoms with Gasteiger partial charge in [0.25, 0.3) is 0 Å². The first-order valence-electron chi connectivity index (χ1n) is 11.1. The molecule has 172 valence electrons. The summed E-state index contributed by atoms with van der Waals surface area (Å²) in [5.74, 6) is -0.788. The lowest BCUT2D eigenvalue weighted by molar-refractivity contribution is 0.481. The standard InChI is InChI=1S/C28H14N2O6/c31-17-9-15-23(21-19(17)25(33)11-5-1-3-7-13(11)27(21)35)29-16-10-18(32)20-22(24(16)30-15)28(36)14-8-4-2-6-12(14)26(20)34/h1-10,29-32H.